The maximum atomic E-state index is 6.13. The van der Waals surface area contributed by atoms with Crippen LogP contribution in [0, 0.1) is 6.92 Å². The summed E-state index contributed by atoms with van der Waals surface area (Å²) in [5.41, 5.74) is 7.33. The Kier molecular flexibility index (Phi) is 7.12. The van der Waals surface area contributed by atoms with E-state index in [2.05, 4.69) is 31.9 Å². The zero-order chi connectivity index (χ0) is 16.2. The predicted octanol–water partition coefficient (Wildman–Crippen LogP) is 3.36. The van der Waals surface area contributed by atoms with Gasteiger partial charge in [-0.25, -0.2) is 9.98 Å². The molecule has 0 spiro atoms. The first-order chi connectivity index (χ1) is 11.1. The van der Waals surface area contributed by atoms with Crippen molar-refractivity contribution in [1.82, 2.24) is 9.88 Å². The van der Waals surface area contributed by atoms with Crippen LogP contribution in [0.5, 0.6) is 0 Å². The number of hydrogen-bond acceptors (Lipinski definition) is 4. The molecule has 1 aliphatic heterocycles. The molecule has 2 N–H and O–H groups in total. The molecule has 0 unspecified atom stereocenters. The van der Waals surface area contributed by atoms with Gasteiger partial charge in [0.05, 0.1) is 11.6 Å². The SMILES string of the molecule is Cc1ncc(CN=C(N)N2CCN(c3ccc(Cl)cc3)CC2)s1.I. The van der Waals surface area contributed by atoms with Crippen LogP contribution >= 0.6 is 46.9 Å². The number of halogens is 2. The topological polar surface area (TPSA) is 57.8 Å². The third-order valence-corrected chi connectivity index (χ3v) is 5.01. The fourth-order valence-corrected chi connectivity index (χ4v) is 3.43. The minimum Gasteiger partial charge on any atom is -0.370 e. The third kappa shape index (κ3) is 4.97. The highest BCUT2D eigenvalue weighted by Gasteiger charge is 2.18. The molecule has 1 fully saturated rings. The molecule has 3 rings (SSSR count). The maximum Gasteiger partial charge on any atom is 0.191 e. The van der Waals surface area contributed by atoms with Gasteiger partial charge in [-0.1, -0.05) is 11.6 Å². The molecule has 8 heteroatoms. The van der Waals surface area contributed by atoms with Gasteiger partial charge in [0.25, 0.3) is 0 Å². The van der Waals surface area contributed by atoms with Crippen LogP contribution in [0.25, 0.3) is 0 Å². The van der Waals surface area contributed by atoms with E-state index in [1.165, 1.54) is 5.69 Å². The van der Waals surface area contributed by atoms with Crippen LogP contribution in [0.3, 0.4) is 0 Å². The Morgan fingerprint density at radius 2 is 1.92 bits per heavy atom. The molecule has 1 saturated heterocycles. The number of nitrogens with two attached hydrogens (primary N) is 1. The Hall–Kier alpha value is -1.06. The molecule has 1 aromatic heterocycles. The lowest BCUT2D eigenvalue weighted by atomic mass is 10.2. The number of aromatic nitrogens is 1. The number of guanidine groups is 1. The second-order valence-corrected chi connectivity index (χ2v) is 7.23. The Bertz CT molecular complexity index is 680. The highest BCUT2D eigenvalue weighted by atomic mass is 127. The number of aliphatic imine (C=N–C) groups is 1. The summed E-state index contributed by atoms with van der Waals surface area (Å²) in [6.45, 7) is 6.21. The minimum absolute atomic E-state index is 0. The smallest absolute Gasteiger partial charge is 0.191 e. The molecule has 24 heavy (non-hydrogen) atoms. The Balaban J connectivity index is 0.00000208. The molecule has 0 radical (unpaired) electrons. The van der Waals surface area contributed by atoms with Gasteiger partial charge in [0.2, 0.25) is 0 Å². The van der Waals surface area contributed by atoms with Gasteiger partial charge in [-0.15, -0.1) is 35.3 Å². The van der Waals surface area contributed by atoms with Crippen LogP contribution in [-0.2, 0) is 6.54 Å². The number of anilines is 1. The molecule has 130 valence electrons. The van der Waals surface area contributed by atoms with Crippen molar-refractivity contribution in [2.24, 2.45) is 10.7 Å². The normalized spacial score (nSPS) is 15.3. The van der Waals surface area contributed by atoms with Gasteiger partial charge < -0.3 is 15.5 Å². The number of benzene rings is 1. The zero-order valence-electron chi connectivity index (χ0n) is 13.5. The fourth-order valence-electron chi connectivity index (χ4n) is 2.58. The number of hydrogen-bond donors (Lipinski definition) is 1. The quantitative estimate of drug-likeness (QED) is 0.418. The van der Waals surface area contributed by atoms with Crippen LogP contribution in [0.1, 0.15) is 9.88 Å². The van der Waals surface area contributed by atoms with Crippen molar-refractivity contribution < 1.29 is 0 Å². The summed E-state index contributed by atoms with van der Waals surface area (Å²) in [5.74, 6) is 0.617. The molecule has 5 nitrogen and oxygen atoms in total. The van der Waals surface area contributed by atoms with E-state index < -0.39 is 0 Å². The van der Waals surface area contributed by atoms with Crippen molar-refractivity contribution in [2.45, 2.75) is 13.5 Å². The van der Waals surface area contributed by atoms with Crippen LogP contribution < -0.4 is 10.6 Å². The number of aryl methyl sites for hydroxylation is 1. The van der Waals surface area contributed by atoms with E-state index in [9.17, 15) is 0 Å². The lowest BCUT2D eigenvalue weighted by Crippen LogP contribution is -2.51. The summed E-state index contributed by atoms with van der Waals surface area (Å²) in [6.07, 6.45) is 1.87. The average Bonchev–Trinajstić information content (AvgIpc) is 2.99. The zero-order valence-corrected chi connectivity index (χ0v) is 17.4. The van der Waals surface area contributed by atoms with E-state index in [1.807, 2.05) is 25.3 Å². The highest BCUT2D eigenvalue weighted by molar-refractivity contribution is 14.0. The Morgan fingerprint density at radius 1 is 1.25 bits per heavy atom. The first kappa shape index (κ1) is 19.3. The second kappa shape index (κ2) is 8.87. The summed E-state index contributed by atoms with van der Waals surface area (Å²) in [5, 5.41) is 1.83. The third-order valence-electron chi connectivity index (χ3n) is 3.86. The lowest BCUT2D eigenvalue weighted by molar-refractivity contribution is 0.381. The molecule has 0 amide bonds. The van der Waals surface area contributed by atoms with Crippen molar-refractivity contribution in [3.8, 4) is 0 Å². The maximum absolute atomic E-state index is 6.13. The van der Waals surface area contributed by atoms with Crippen LogP contribution in [0.15, 0.2) is 35.5 Å². The Morgan fingerprint density at radius 3 is 2.50 bits per heavy atom. The largest absolute Gasteiger partial charge is 0.370 e. The van der Waals surface area contributed by atoms with E-state index in [0.29, 0.717) is 12.5 Å². The second-order valence-electron chi connectivity index (χ2n) is 5.47. The molecule has 0 bridgehead atoms. The van der Waals surface area contributed by atoms with Gasteiger partial charge in [-0.05, 0) is 31.2 Å². The van der Waals surface area contributed by atoms with Crippen molar-refractivity contribution in [2.75, 3.05) is 31.1 Å². The molecular weight excluding hydrogens is 457 g/mol. The first-order valence-corrected chi connectivity index (χ1v) is 8.78. The molecule has 1 aromatic carbocycles. The number of thiazole rings is 1. The summed E-state index contributed by atoms with van der Waals surface area (Å²) in [4.78, 5) is 14.4. The number of rotatable bonds is 3. The van der Waals surface area contributed by atoms with Crippen molar-refractivity contribution in [1.29, 1.82) is 0 Å². The van der Waals surface area contributed by atoms with E-state index in [4.69, 9.17) is 17.3 Å². The monoisotopic (exact) mass is 477 g/mol. The summed E-state index contributed by atoms with van der Waals surface area (Å²) >= 11 is 7.60. The van der Waals surface area contributed by atoms with Crippen molar-refractivity contribution >= 4 is 58.6 Å². The van der Waals surface area contributed by atoms with Gasteiger partial charge in [0, 0.05) is 48.0 Å². The molecule has 0 atom stereocenters. The highest BCUT2D eigenvalue weighted by Crippen LogP contribution is 2.19. The van der Waals surface area contributed by atoms with E-state index in [0.717, 1.165) is 41.1 Å². The molecular formula is C16H21ClIN5S. The molecule has 2 aromatic rings. The van der Waals surface area contributed by atoms with Crippen molar-refractivity contribution in [3.63, 3.8) is 0 Å². The average molecular weight is 478 g/mol. The predicted molar refractivity (Wildman–Crippen MR) is 113 cm³/mol. The summed E-state index contributed by atoms with van der Waals surface area (Å²) < 4.78 is 0. The number of nitrogens with zero attached hydrogens (tertiary/aromatic N) is 4. The summed E-state index contributed by atoms with van der Waals surface area (Å²) in [6, 6.07) is 7.97. The van der Waals surface area contributed by atoms with E-state index in [-0.39, 0.29) is 24.0 Å². The van der Waals surface area contributed by atoms with Gasteiger partial charge in [-0.3, -0.25) is 0 Å². The van der Waals surface area contributed by atoms with E-state index in [1.54, 1.807) is 11.3 Å². The lowest BCUT2D eigenvalue weighted by Gasteiger charge is -2.36. The Labute approximate surface area is 168 Å². The van der Waals surface area contributed by atoms with Crippen LogP contribution in [0.4, 0.5) is 5.69 Å². The van der Waals surface area contributed by atoms with Gasteiger partial charge in [0.1, 0.15) is 0 Å². The van der Waals surface area contributed by atoms with Crippen LogP contribution in [0.2, 0.25) is 5.02 Å². The van der Waals surface area contributed by atoms with Gasteiger partial charge in [0.15, 0.2) is 5.96 Å². The molecule has 2 heterocycles. The molecule has 0 saturated carbocycles. The van der Waals surface area contributed by atoms with Crippen molar-refractivity contribution in [3.05, 3.63) is 45.4 Å². The minimum atomic E-state index is 0. The fraction of sp³-hybridized carbons (Fsp3) is 0.375. The van der Waals surface area contributed by atoms with E-state index >= 15 is 0 Å². The first-order valence-electron chi connectivity index (χ1n) is 7.58. The van der Waals surface area contributed by atoms with Gasteiger partial charge >= 0.3 is 0 Å². The van der Waals surface area contributed by atoms with Crippen LogP contribution in [-0.4, -0.2) is 42.0 Å². The molecule has 1 aliphatic rings. The molecule has 0 aliphatic carbocycles. The number of piperazine rings is 1. The summed E-state index contributed by atoms with van der Waals surface area (Å²) in [7, 11) is 0. The standard InChI is InChI=1S/C16H20ClN5S.HI/c1-12-19-10-15(23-12)11-20-16(18)22-8-6-21(7-9-22)14-4-2-13(17)3-5-14;/h2-5,10H,6-9,11H2,1H3,(H2,18,20);1H. The van der Waals surface area contributed by atoms with Gasteiger partial charge in [-0.2, -0.15) is 0 Å².